The summed E-state index contributed by atoms with van der Waals surface area (Å²) in [4.78, 5) is 0. The first-order valence-electron chi connectivity index (χ1n) is 2.73. The summed E-state index contributed by atoms with van der Waals surface area (Å²) in [5.74, 6) is 0. The van der Waals surface area contributed by atoms with Crippen LogP contribution in [0.2, 0.25) is 0 Å². The topological polar surface area (TPSA) is 47.6 Å². The van der Waals surface area contributed by atoms with E-state index < -0.39 is 15.6 Å². The van der Waals surface area contributed by atoms with Gasteiger partial charge in [-0.1, -0.05) is 0 Å². The summed E-state index contributed by atoms with van der Waals surface area (Å²) >= 11 is 0. The average Bonchev–Trinajstić information content (AvgIpc) is 1.71. The van der Waals surface area contributed by atoms with Crippen LogP contribution in [0.1, 0.15) is 0 Å². The second-order valence-electron chi connectivity index (χ2n) is 2.14. The number of nitrogens with zero attached hydrogens (tertiary/aromatic N) is 2. The van der Waals surface area contributed by atoms with Crippen molar-refractivity contribution >= 4 is 15.6 Å². The van der Waals surface area contributed by atoms with Gasteiger partial charge >= 0.3 is 83.0 Å². The molecule has 0 saturated heterocycles. The minimum absolute atomic E-state index is 0. The summed E-state index contributed by atoms with van der Waals surface area (Å²) in [6.45, 7) is 0. The molecule has 0 aliphatic carbocycles. The summed E-state index contributed by atoms with van der Waals surface area (Å²) < 4.78 is 118. The van der Waals surface area contributed by atoms with Crippen molar-refractivity contribution in [2.24, 2.45) is 0 Å². The quantitative estimate of drug-likeness (QED) is 0.253. The largest absolute Gasteiger partial charge is 2.00 e. The molecular weight excluding hydrogens is 406 g/mol. The predicted octanol–water partition coefficient (Wildman–Crippen LogP) is 6.80. The van der Waals surface area contributed by atoms with Gasteiger partial charge in [-0.05, 0) is 0 Å². The Balaban J connectivity index is -0.0000000900. The number of nitriles is 2. The first-order valence-corrected chi connectivity index (χ1v) is 6.78. The molecule has 0 N–H and O–H groups in total. The zero-order valence-corrected chi connectivity index (χ0v) is 10.4. The van der Waals surface area contributed by atoms with Crippen molar-refractivity contribution in [2.75, 3.05) is 0 Å². The van der Waals surface area contributed by atoms with Gasteiger partial charge in [-0.3, -0.25) is 0 Å². The zero-order valence-electron chi connectivity index (χ0n) is 7.63. The van der Waals surface area contributed by atoms with E-state index in [0.29, 0.717) is 0 Å². The Bertz CT molecular complexity index is 306. The number of hydrogen-bond donors (Lipinski definition) is 0. The molecule has 0 aromatic carbocycles. The summed E-state index contributed by atoms with van der Waals surface area (Å²) in [5, 5.41) is 14.5. The van der Waals surface area contributed by atoms with Crippen molar-refractivity contribution < 1.29 is 67.4 Å². The third-order valence-electron chi connectivity index (χ3n) is 0.0500. The van der Waals surface area contributed by atoms with Crippen molar-refractivity contribution in [1.82, 2.24) is 0 Å². The van der Waals surface area contributed by atoms with Crippen LogP contribution < -0.4 is 0 Å². The molecule has 2 nitrogen and oxygen atoms in total. The first-order chi connectivity index (χ1) is 6.81. The predicted molar refractivity (Wildman–Crippen MR) is 38.4 cm³/mol. The van der Waals surface area contributed by atoms with Crippen molar-refractivity contribution in [3.63, 3.8) is 0 Å². The van der Waals surface area contributed by atoms with Gasteiger partial charge in [-0.15, -0.1) is 0 Å². The van der Waals surface area contributed by atoms with E-state index in [9.17, 15) is 50.4 Å². The van der Waals surface area contributed by atoms with Gasteiger partial charge < -0.3 is 0 Å². The van der Waals surface area contributed by atoms with Gasteiger partial charge in [0.1, 0.15) is 0 Å². The second-order valence-corrected chi connectivity index (χ2v) is 5.97. The number of rotatable bonds is 0. The molecule has 0 bridgehead atoms. The van der Waals surface area contributed by atoms with Gasteiger partial charge in [0.05, 0.1) is 0 Å². The second kappa shape index (κ2) is 4.81. The maximum Gasteiger partial charge on any atom is 2.00 e. The zero-order chi connectivity index (χ0) is 16.2. The standard InChI is InChI=1S/C2N2.Cu.2F6P/c3-1-2-4;;2*1-7(2,3,4,5)6/q;+2;2*-1. The average molecular weight is 406 g/mol. The van der Waals surface area contributed by atoms with Gasteiger partial charge in [0.15, 0.2) is 12.1 Å². The van der Waals surface area contributed by atoms with Crippen LogP contribution in [0.4, 0.5) is 50.4 Å². The maximum atomic E-state index is 9.87. The van der Waals surface area contributed by atoms with Gasteiger partial charge in [0.25, 0.3) is 0 Å². The summed E-state index contributed by atoms with van der Waals surface area (Å²) in [6.07, 6.45) is 0. The van der Waals surface area contributed by atoms with Crippen LogP contribution in [0.5, 0.6) is 0 Å². The van der Waals surface area contributed by atoms with Crippen LogP contribution in [-0.4, -0.2) is 0 Å². The van der Waals surface area contributed by atoms with Crippen LogP contribution in [0.15, 0.2) is 0 Å². The molecule has 17 heteroatoms. The Morgan fingerprint density at radius 2 is 0.526 bits per heavy atom. The van der Waals surface area contributed by atoms with E-state index in [0.717, 1.165) is 0 Å². The molecule has 0 spiro atoms. The third-order valence-corrected chi connectivity index (χ3v) is 0.0500. The van der Waals surface area contributed by atoms with E-state index in [-0.39, 0.29) is 17.1 Å². The molecule has 0 saturated carbocycles. The molecule has 0 amide bonds. The smallest absolute Gasteiger partial charge is 0.181 e. The Kier molecular flexibility index (Phi) is 6.83. The normalized spacial score (nSPS) is 17.6. The first kappa shape index (κ1) is 27.0. The fourth-order valence-corrected chi connectivity index (χ4v) is 0. The molecule has 0 aromatic heterocycles. The Labute approximate surface area is 106 Å². The molecule has 0 aromatic rings. The van der Waals surface area contributed by atoms with E-state index >= 15 is 0 Å². The Morgan fingerprint density at radius 1 is 0.474 bits per heavy atom. The van der Waals surface area contributed by atoms with Crippen LogP contribution in [0, 0.1) is 22.7 Å². The number of halogens is 12. The van der Waals surface area contributed by atoms with E-state index in [4.69, 9.17) is 10.5 Å². The van der Waals surface area contributed by atoms with Gasteiger partial charge in [-0.25, -0.2) is 0 Å². The van der Waals surface area contributed by atoms with Crippen LogP contribution in [0.3, 0.4) is 0 Å². The van der Waals surface area contributed by atoms with Gasteiger partial charge in [0, 0.05) is 0 Å². The molecule has 0 atom stereocenters. The van der Waals surface area contributed by atoms with E-state index in [1.807, 2.05) is 0 Å². The Hall–Kier alpha value is -0.481. The fraction of sp³-hybridized carbons (Fsp3) is 0. The van der Waals surface area contributed by atoms with Crippen molar-refractivity contribution in [3.8, 4) is 12.1 Å². The number of hydrogen-bond acceptors (Lipinski definition) is 2. The third kappa shape index (κ3) is 15600. The van der Waals surface area contributed by atoms with E-state index in [1.165, 1.54) is 12.1 Å². The molecule has 0 rings (SSSR count). The molecule has 0 heterocycles. The fourth-order valence-electron chi connectivity index (χ4n) is 0. The molecule has 0 fully saturated rings. The van der Waals surface area contributed by atoms with Crippen molar-refractivity contribution in [1.29, 1.82) is 10.5 Å². The van der Waals surface area contributed by atoms with Crippen LogP contribution >= 0.6 is 15.6 Å². The van der Waals surface area contributed by atoms with Gasteiger partial charge in [-0.2, -0.15) is 10.5 Å². The SMILES string of the molecule is F[P-](F)(F)(F)(F)F.F[P-](F)(F)(F)(F)F.N#CC#N.[Cu+2]. The van der Waals surface area contributed by atoms with Gasteiger partial charge in [0.2, 0.25) is 0 Å². The molecule has 1 radical (unpaired) electrons. The molecule has 0 unspecified atom stereocenters. The summed E-state index contributed by atoms with van der Waals surface area (Å²) in [7, 11) is -21.3. The minimum atomic E-state index is -10.7. The van der Waals surface area contributed by atoms with Crippen molar-refractivity contribution in [2.45, 2.75) is 0 Å². The van der Waals surface area contributed by atoms with Crippen molar-refractivity contribution in [3.05, 3.63) is 0 Å². The minimum Gasteiger partial charge on any atom is -0.181 e. The van der Waals surface area contributed by atoms with Crippen LogP contribution in [-0.2, 0) is 17.1 Å². The van der Waals surface area contributed by atoms with E-state index in [1.54, 1.807) is 0 Å². The maximum absolute atomic E-state index is 10.7. The summed E-state index contributed by atoms with van der Waals surface area (Å²) in [5.41, 5.74) is 0. The molecule has 0 aliphatic heterocycles. The molecule has 123 valence electrons. The molecular formula is C2CuF12N2P2. The van der Waals surface area contributed by atoms with Crippen LogP contribution in [0.25, 0.3) is 0 Å². The van der Waals surface area contributed by atoms with E-state index in [2.05, 4.69) is 0 Å². The molecule has 0 aliphatic rings. The monoisotopic (exact) mass is 405 g/mol. The summed E-state index contributed by atoms with van der Waals surface area (Å²) in [6, 6.07) is 2.47. The molecule has 19 heavy (non-hydrogen) atoms. The Morgan fingerprint density at radius 3 is 0.526 bits per heavy atom.